The summed E-state index contributed by atoms with van der Waals surface area (Å²) in [6.45, 7) is -1.63. The monoisotopic (exact) mass is 451 g/mol. The van der Waals surface area contributed by atoms with Crippen LogP contribution in [0.3, 0.4) is 0 Å². The average molecular weight is 451 g/mol. The summed E-state index contributed by atoms with van der Waals surface area (Å²) < 4.78 is 0. The number of ketones is 1. The smallest absolute Gasteiger partial charge is 0.357 e. The van der Waals surface area contributed by atoms with Crippen LogP contribution in [-0.2, 0) is 24.0 Å². The summed E-state index contributed by atoms with van der Waals surface area (Å²) in [5.74, 6) is -3.90. The van der Waals surface area contributed by atoms with Crippen LogP contribution in [0, 0.1) is 0 Å². The zero-order valence-electron chi connectivity index (χ0n) is 16.3. The first-order valence-corrected chi connectivity index (χ1v) is 9.65. The maximum absolute atomic E-state index is 12.4. The van der Waals surface area contributed by atoms with Crippen molar-refractivity contribution in [2.45, 2.75) is 31.3 Å². The van der Waals surface area contributed by atoms with Crippen LogP contribution < -0.4 is 10.6 Å². The van der Waals surface area contributed by atoms with Gasteiger partial charge >= 0.3 is 5.97 Å². The normalized spacial score (nSPS) is 15.2. The summed E-state index contributed by atoms with van der Waals surface area (Å²) in [5.41, 5.74) is 0.422. The van der Waals surface area contributed by atoms with E-state index in [2.05, 4.69) is 15.5 Å². The highest BCUT2D eigenvalue weighted by Crippen LogP contribution is 2.12. The Morgan fingerprint density at radius 2 is 1.58 bits per heavy atom. The van der Waals surface area contributed by atoms with Crippen molar-refractivity contribution >= 4 is 46.7 Å². The molecule has 1 aromatic rings. The van der Waals surface area contributed by atoms with Gasteiger partial charge in [-0.3, -0.25) is 19.2 Å². The second kappa shape index (κ2) is 11.2. The van der Waals surface area contributed by atoms with Crippen LogP contribution in [0.2, 0.25) is 0 Å². The lowest BCUT2D eigenvalue weighted by atomic mass is 10.1. The fourth-order valence-corrected chi connectivity index (χ4v) is 2.85. The Morgan fingerprint density at radius 3 is 2.13 bits per heavy atom. The first-order chi connectivity index (χ1) is 14.8. The van der Waals surface area contributed by atoms with Crippen molar-refractivity contribution in [2.24, 2.45) is 0 Å². The molecule has 0 aliphatic carbocycles. The lowest BCUT2D eigenvalue weighted by molar-refractivity contribution is -0.199. The number of thiocarbonyl (C=S) groups is 1. The number of hydrogen-bond donors (Lipinski definition) is 4. The standard InChI is InChI=1S/C19H21N3O8S/c23-9-12(20-15(31)8-14(25)11-4-2-1-3-5-11)18(28)21-13(10-24)19(29)30-22-16(26)6-7-17(22)27/h1-5,12-13,23-24H,6-10H2,(H,20,31)(H,21,28)/t12-,13-/m0/s1. The van der Waals surface area contributed by atoms with E-state index in [4.69, 9.17) is 12.2 Å². The molecule has 0 aromatic heterocycles. The van der Waals surface area contributed by atoms with Gasteiger partial charge in [-0.05, 0) is 0 Å². The third kappa shape index (κ3) is 6.64. The number of rotatable bonds is 10. The molecule has 4 N–H and O–H groups in total. The number of hydrogen-bond acceptors (Lipinski definition) is 9. The first-order valence-electron chi connectivity index (χ1n) is 9.24. The third-order valence-electron chi connectivity index (χ3n) is 4.22. The Morgan fingerprint density at radius 1 is 1.00 bits per heavy atom. The van der Waals surface area contributed by atoms with E-state index >= 15 is 0 Å². The van der Waals surface area contributed by atoms with Crippen molar-refractivity contribution in [3.8, 4) is 0 Å². The van der Waals surface area contributed by atoms with E-state index in [0.29, 0.717) is 5.56 Å². The molecule has 1 fully saturated rings. The summed E-state index contributed by atoms with van der Waals surface area (Å²) in [5, 5.41) is 23.8. The molecule has 1 saturated heterocycles. The molecule has 1 aromatic carbocycles. The number of carbonyl (C=O) groups excluding carboxylic acids is 5. The summed E-state index contributed by atoms with van der Waals surface area (Å²) in [6, 6.07) is 5.40. The number of aliphatic hydroxyl groups excluding tert-OH is 2. The predicted octanol–water partition coefficient (Wildman–Crippen LogP) is -1.38. The van der Waals surface area contributed by atoms with E-state index in [1.807, 2.05) is 0 Å². The van der Waals surface area contributed by atoms with Crippen molar-refractivity contribution in [3.63, 3.8) is 0 Å². The van der Waals surface area contributed by atoms with E-state index in [0.717, 1.165) is 0 Å². The number of Topliss-reactive ketones (excluding diaryl/α,β-unsaturated/α-hetero) is 1. The van der Waals surface area contributed by atoms with Gasteiger partial charge in [-0.25, -0.2) is 4.79 Å². The minimum atomic E-state index is -1.61. The van der Waals surface area contributed by atoms with Crippen molar-refractivity contribution in [1.29, 1.82) is 0 Å². The fraction of sp³-hybridized carbons (Fsp3) is 0.368. The minimum absolute atomic E-state index is 0.0144. The molecule has 0 unspecified atom stereocenters. The number of nitrogens with zero attached hydrogens (tertiary/aromatic N) is 1. The van der Waals surface area contributed by atoms with Gasteiger partial charge < -0.3 is 25.7 Å². The lowest BCUT2D eigenvalue weighted by Crippen LogP contribution is -2.55. The summed E-state index contributed by atoms with van der Waals surface area (Å²) in [4.78, 5) is 64.3. The Balaban J connectivity index is 1.91. The highest BCUT2D eigenvalue weighted by Gasteiger charge is 2.35. The maximum Gasteiger partial charge on any atom is 0.357 e. The van der Waals surface area contributed by atoms with Crippen molar-refractivity contribution < 1.29 is 39.0 Å². The molecule has 1 aliphatic rings. The Bertz CT molecular complexity index is 860. The highest BCUT2D eigenvalue weighted by atomic mass is 32.1. The number of amides is 3. The Labute approximate surface area is 182 Å². The van der Waals surface area contributed by atoms with E-state index in [1.54, 1.807) is 30.3 Å². The van der Waals surface area contributed by atoms with Crippen LogP contribution in [0.1, 0.15) is 29.6 Å². The number of aliphatic hydroxyl groups is 2. The average Bonchev–Trinajstić information content (AvgIpc) is 3.08. The number of nitrogens with one attached hydrogen (secondary N) is 2. The second-order valence-corrected chi connectivity index (χ2v) is 7.00. The number of hydroxylamine groups is 2. The van der Waals surface area contributed by atoms with Crippen molar-refractivity contribution in [2.75, 3.05) is 13.2 Å². The quantitative estimate of drug-likeness (QED) is 0.189. The molecule has 31 heavy (non-hydrogen) atoms. The van der Waals surface area contributed by atoms with Crippen LogP contribution in [-0.4, -0.2) is 75.0 Å². The topological polar surface area (TPSA) is 162 Å². The minimum Gasteiger partial charge on any atom is -0.394 e. The molecule has 2 atom stereocenters. The molecule has 1 aliphatic heterocycles. The van der Waals surface area contributed by atoms with Gasteiger partial charge in [0.05, 0.1) is 24.6 Å². The largest absolute Gasteiger partial charge is 0.394 e. The van der Waals surface area contributed by atoms with Gasteiger partial charge in [0, 0.05) is 18.4 Å². The molecule has 0 spiro atoms. The van der Waals surface area contributed by atoms with Gasteiger partial charge in [0.25, 0.3) is 11.8 Å². The lowest BCUT2D eigenvalue weighted by Gasteiger charge is -2.22. The van der Waals surface area contributed by atoms with Crippen LogP contribution in [0.5, 0.6) is 0 Å². The zero-order valence-corrected chi connectivity index (χ0v) is 17.1. The third-order valence-corrected chi connectivity index (χ3v) is 4.48. The molecule has 166 valence electrons. The first kappa shape index (κ1) is 24.1. The number of imide groups is 1. The van der Waals surface area contributed by atoms with Gasteiger partial charge in [0.15, 0.2) is 11.8 Å². The van der Waals surface area contributed by atoms with Crippen LogP contribution >= 0.6 is 12.2 Å². The van der Waals surface area contributed by atoms with E-state index < -0.39 is 49.0 Å². The van der Waals surface area contributed by atoms with E-state index in [9.17, 15) is 34.2 Å². The predicted molar refractivity (Wildman–Crippen MR) is 108 cm³/mol. The van der Waals surface area contributed by atoms with Crippen molar-refractivity contribution in [3.05, 3.63) is 35.9 Å². The molecule has 3 amide bonds. The van der Waals surface area contributed by atoms with Gasteiger partial charge in [-0.1, -0.05) is 42.5 Å². The van der Waals surface area contributed by atoms with E-state index in [-0.39, 0.29) is 35.1 Å². The Hall–Kier alpha value is -3.22. The summed E-state index contributed by atoms with van der Waals surface area (Å²) >= 11 is 5.06. The molecular weight excluding hydrogens is 430 g/mol. The molecule has 0 saturated carbocycles. The van der Waals surface area contributed by atoms with Crippen molar-refractivity contribution in [1.82, 2.24) is 15.7 Å². The van der Waals surface area contributed by atoms with Crippen LogP contribution in [0.4, 0.5) is 0 Å². The summed E-state index contributed by atoms with van der Waals surface area (Å²) in [6.07, 6.45) is -0.441. The molecule has 2 rings (SSSR count). The molecule has 0 radical (unpaired) electrons. The molecular formula is C19H21N3O8S. The SMILES string of the molecule is O=C(CC(=S)N[C@@H](CO)C(=O)N[C@@H](CO)C(=O)ON1C(=O)CCC1=O)c1ccccc1. The fourth-order valence-electron chi connectivity index (χ4n) is 2.57. The van der Waals surface area contributed by atoms with Gasteiger partial charge in [0.2, 0.25) is 5.91 Å². The highest BCUT2D eigenvalue weighted by molar-refractivity contribution is 7.80. The molecule has 1 heterocycles. The Kier molecular flexibility index (Phi) is 8.73. The van der Waals surface area contributed by atoms with Gasteiger partial charge in [0.1, 0.15) is 6.04 Å². The van der Waals surface area contributed by atoms with Gasteiger partial charge in [-0.15, -0.1) is 5.06 Å². The molecule has 12 heteroatoms. The maximum atomic E-state index is 12.4. The summed E-state index contributed by atoms with van der Waals surface area (Å²) in [7, 11) is 0. The van der Waals surface area contributed by atoms with Gasteiger partial charge in [-0.2, -0.15) is 0 Å². The number of benzene rings is 1. The number of carbonyl (C=O) groups is 5. The van der Waals surface area contributed by atoms with E-state index in [1.165, 1.54) is 0 Å². The zero-order chi connectivity index (χ0) is 23.0. The molecule has 11 nitrogen and oxygen atoms in total. The second-order valence-electron chi connectivity index (χ2n) is 6.50. The van der Waals surface area contributed by atoms with Crippen LogP contribution in [0.15, 0.2) is 30.3 Å². The molecule has 0 bridgehead atoms. The van der Waals surface area contributed by atoms with Crippen LogP contribution in [0.25, 0.3) is 0 Å².